The van der Waals surface area contributed by atoms with E-state index in [1.807, 2.05) is 6.26 Å². The summed E-state index contributed by atoms with van der Waals surface area (Å²) in [7, 11) is 0. The van der Waals surface area contributed by atoms with Crippen molar-refractivity contribution in [2.45, 2.75) is 24.5 Å². The molecule has 1 fully saturated rings. The molecule has 0 aromatic carbocycles. The number of hydrogen-bond donors (Lipinski definition) is 2. The molecule has 0 aliphatic carbocycles. The molecule has 28 heavy (non-hydrogen) atoms. The van der Waals surface area contributed by atoms with E-state index in [-0.39, 0.29) is 11.5 Å². The Kier molecular flexibility index (Phi) is 5.29. The van der Waals surface area contributed by atoms with Gasteiger partial charge in [-0.3, -0.25) is 9.59 Å². The van der Waals surface area contributed by atoms with E-state index in [1.54, 1.807) is 10.9 Å². The maximum absolute atomic E-state index is 12.2. The summed E-state index contributed by atoms with van der Waals surface area (Å²) in [5.74, 6) is 0.695. The number of nitrogens with one attached hydrogen (secondary N) is 2. The van der Waals surface area contributed by atoms with Crippen molar-refractivity contribution < 1.29 is 4.79 Å². The molecule has 10 heteroatoms. The highest BCUT2D eigenvalue weighted by Crippen LogP contribution is 2.28. The quantitative estimate of drug-likeness (QED) is 0.474. The monoisotopic (exact) mass is 399 g/mol. The third-order valence-corrected chi connectivity index (χ3v) is 5.25. The van der Waals surface area contributed by atoms with Gasteiger partial charge in [0.1, 0.15) is 5.82 Å². The van der Waals surface area contributed by atoms with Crippen molar-refractivity contribution in [1.29, 1.82) is 0 Å². The van der Waals surface area contributed by atoms with Crippen molar-refractivity contribution in [1.82, 2.24) is 30.0 Å². The molecule has 4 heterocycles. The molecular formula is C18H21N7O2S. The minimum atomic E-state index is -0.245. The molecule has 0 saturated carbocycles. The maximum atomic E-state index is 12.2. The lowest BCUT2D eigenvalue weighted by molar-refractivity contribution is 0.0951. The molecule has 0 spiro atoms. The second kappa shape index (κ2) is 8.01. The van der Waals surface area contributed by atoms with Crippen molar-refractivity contribution in [2.75, 3.05) is 30.8 Å². The zero-order valence-electron chi connectivity index (χ0n) is 15.5. The number of aromatic amines is 1. The van der Waals surface area contributed by atoms with Crippen LogP contribution in [0.25, 0.3) is 11.0 Å². The Morgan fingerprint density at radius 2 is 2.11 bits per heavy atom. The fraction of sp³-hybridized carbons (Fsp3) is 0.389. The summed E-state index contributed by atoms with van der Waals surface area (Å²) in [5.41, 5.74) is 0.949. The van der Waals surface area contributed by atoms with E-state index in [9.17, 15) is 9.59 Å². The van der Waals surface area contributed by atoms with Crippen LogP contribution in [-0.4, -0.2) is 56.5 Å². The summed E-state index contributed by atoms with van der Waals surface area (Å²) >= 11 is 1.51. The zero-order valence-corrected chi connectivity index (χ0v) is 16.3. The molecular weight excluding hydrogens is 378 g/mol. The standard InChI is InChI=1S/C18H21N7O2S/c1-28-18-22-15(24-7-2-3-8-24)13-11-21-25(16(13)23-18)9-6-19-17(27)12-4-5-14(26)20-10-12/h4-5,10-11H,2-3,6-9H2,1H3,(H,19,27)(H,20,26). The van der Waals surface area contributed by atoms with Crippen molar-refractivity contribution in [3.63, 3.8) is 0 Å². The number of fused-ring (bicyclic) bond motifs is 1. The van der Waals surface area contributed by atoms with Crippen molar-refractivity contribution >= 4 is 34.5 Å². The van der Waals surface area contributed by atoms with E-state index in [2.05, 4.69) is 25.3 Å². The van der Waals surface area contributed by atoms with Crippen LogP contribution in [0.15, 0.2) is 34.5 Å². The summed E-state index contributed by atoms with van der Waals surface area (Å²) < 4.78 is 1.80. The number of rotatable bonds is 6. The number of hydrogen-bond acceptors (Lipinski definition) is 7. The Balaban J connectivity index is 1.51. The number of anilines is 1. The lowest BCUT2D eigenvalue weighted by Crippen LogP contribution is -2.28. The molecule has 0 atom stereocenters. The third-order valence-electron chi connectivity index (χ3n) is 4.70. The Morgan fingerprint density at radius 1 is 1.29 bits per heavy atom. The molecule has 0 unspecified atom stereocenters. The molecule has 4 rings (SSSR count). The van der Waals surface area contributed by atoms with Crippen LogP contribution in [0.3, 0.4) is 0 Å². The van der Waals surface area contributed by atoms with Gasteiger partial charge in [0.25, 0.3) is 5.91 Å². The summed E-state index contributed by atoms with van der Waals surface area (Å²) in [6, 6.07) is 2.83. The van der Waals surface area contributed by atoms with Crippen molar-refractivity contribution in [3.05, 3.63) is 40.4 Å². The largest absolute Gasteiger partial charge is 0.356 e. The van der Waals surface area contributed by atoms with Crippen molar-refractivity contribution in [3.8, 4) is 0 Å². The fourth-order valence-electron chi connectivity index (χ4n) is 3.28. The second-order valence-corrected chi connectivity index (χ2v) is 7.30. The second-order valence-electron chi connectivity index (χ2n) is 6.53. The number of thioether (sulfide) groups is 1. The van der Waals surface area contributed by atoms with Gasteiger partial charge in [-0.2, -0.15) is 5.10 Å². The van der Waals surface area contributed by atoms with Crippen LogP contribution in [0.4, 0.5) is 5.82 Å². The van der Waals surface area contributed by atoms with Crippen LogP contribution in [0.1, 0.15) is 23.2 Å². The molecule has 9 nitrogen and oxygen atoms in total. The molecule has 1 aliphatic rings. The predicted octanol–water partition coefficient (Wildman–Crippen LogP) is 1.27. The van der Waals surface area contributed by atoms with E-state index >= 15 is 0 Å². The first-order valence-electron chi connectivity index (χ1n) is 9.15. The van der Waals surface area contributed by atoms with Gasteiger partial charge in [-0.1, -0.05) is 11.8 Å². The topological polar surface area (TPSA) is 109 Å². The summed E-state index contributed by atoms with van der Waals surface area (Å²) in [6.07, 6.45) is 7.51. The SMILES string of the molecule is CSc1nc(N2CCCC2)c2cnn(CCNC(=O)c3ccc(=O)[nH]c3)c2n1. The van der Waals surface area contributed by atoms with Crippen LogP contribution < -0.4 is 15.8 Å². The molecule has 3 aromatic heterocycles. The Bertz CT molecular complexity index is 1040. The predicted molar refractivity (Wildman–Crippen MR) is 108 cm³/mol. The van der Waals surface area contributed by atoms with Crippen LogP contribution in [-0.2, 0) is 6.54 Å². The van der Waals surface area contributed by atoms with Gasteiger partial charge < -0.3 is 15.2 Å². The molecule has 0 bridgehead atoms. The smallest absolute Gasteiger partial charge is 0.252 e. The summed E-state index contributed by atoms with van der Waals surface area (Å²) in [6.45, 7) is 2.88. The molecule has 1 saturated heterocycles. The Morgan fingerprint density at radius 3 is 2.82 bits per heavy atom. The lowest BCUT2D eigenvalue weighted by Gasteiger charge is -2.17. The molecule has 2 N–H and O–H groups in total. The average molecular weight is 399 g/mol. The number of aromatic nitrogens is 5. The van der Waals surface area contributed by atoms with Gasteiger partial charge in [-0.15, -0.1) is 0 Å². The summed E-state index contributed by atoms with van der Waals surface area (Å²) in [4.78, 5) is 37.4. The first-order valence-corrected chi connectivity index (χ1v) is 10.4. The van der Waals surface area contributed by atoms with E-state index in [1.165, 1.54) is 42.9 Å². The number of pyridine rings is 1. The number of H-pyrrole nitrogens is 1. The van der Waals surface area contributed by atoms with Gasteiger partial charge in [-0.25, -0.2) is 14.6 Å². The third kappa shape index (κ3) is 3.72. The van der Waals surface area contributed by atoms with Crippen LogP contribution in [0.5, 0.6) is 0 Å². The van der Waals surface area contributed by atoms with Gasteiger partial charge in [0, 0.05) is 31.9 Å². The first kappa shape index (κ1) is 18.5. The molecule has 1 aliphatic heterocycles. The lowest BCUT2D eigenvalue weighted by atomic mass is 10.3. The minimum Gasteiger partial charge on any atom is -0.356 e. The van der Waals surface area contributed by atoms with E-state index in [0.29, 0.717) is 23.8 Å². The van der Waals surface area contributed by atoms with Gasteiger partial charge >= 0.3 is 0 Å². The highest BCUT2D eigenvalue weighted by atomic mass is 32.2. The van der Waals surface area contributed by atoms with Gasteiger partial charge in [-0.05, 0) is 25.2 Å². The van der Waals surface area contributed by atoms with E-state index < -0.39 is 0 Å². The van der Waals surface area contributed by atoms with Crippen LogP contribution >= 0.6 is 11.8 Å². The van der Waals surface area contributed by atoms with Crippen LogP contribution in [0.2, 0.25) is 0 Å². The minimum absolute atomic E-state index is 0.238. The fourth-order valence-corrected chi connectivity index (χ4v) is 3.63. The van der Waals surface area contributed by atoms with Crippen molar-refractivity contribution in [2.24, 2.45) is 0 Å². The molecule has 146 valence electrons. The highest BCUT2D eigenvalue weighted by molar-refractivity contribution is 7.98. The number of nitrogens with zero attached hydrogens (tertiary/aromatic N) is 5. The number of carbonyl (C=O) groups is 1. The van der Waals surface area contributed by atoms with Crippen LogP contribution in [0, 0.1) is 0 Å². The first-order chi connectivity index (χ1) is 13.7. The Labute approximate surface area is 165 Å². The van der Waals surface area contributed by atoms with Gasteiger partial charge in [0.05, 0.1) is 23.7 Å². The molecule has 0 radical (unpaired) electrons. The molecule has 1 amide bonds. The average Bonchev–Trinajstić information content (AvgIpc) is 3.38. The van der Waals surface area contributed by atoms with E-state index in [0.717, 1.165) is 29.9 Å². The zero-order chi connectivity index (χ0) is 19.5. The molecule has 3 aromatic rings. The number of amides is 1. The highest BCUT2D eigenvalue weighted by Gasteiger charge is 2.20. The normalized spacial score (nSPS) is 14.0. The van der Waals surface area contributed by atoms with E-state index in [4.69, 9.17) is 4.98 Å². The Hall–Kier alpha value is -2.88. The van der Waals surface area contributed by atoms with Gasteiger partial charge in [0.2, 0.25) is 5.56 Å². The number of carbonyl (C=O) groups excluding carboxylic acids is 1. The maximum Gasteiger partial charge on any atom is 0.252 e. The summed E-state index contributed by atoms with van der Waals surface area (Å²) in [5, 5.41) is 8.96. The van der Waals surface area contributed by atoms with Gasteiger partial charge in [0.15, 0.2) is 10.8 Å².